The number of hydrogen-bond donors (Lipinski definition) is 1. The number of ether oxygens (including phenoxy) is 1. The van der Waals surface area contributed by atoms with Crippen molar-refractivity contribution < 1.29 is 14.3 Å². The fourth-order valence-electron chi connectivity index (χ4n) is 5.88. The van der Waals surface area contributed by atoms with E-state index in [0.29, 0.717) is 12.1 Å². The average molecular weight is 420 g/mol. The number of esters is 1. The first-order chi connectivity index (χ1) is 12.4. The van der Waals surface area contributed by atoms with Gasteiger partial charge in [-0.3, -0.25) is 9.59 Å². The van der Waals surface area contributed by atoms with Gasteiger partial charge in [-0.05, 0) is 86.3 Å². The summed E-state index contributed by atoms with van der Waals surface area (Å²) in [6, 6.07) is 5.62. The van der Waals surface area contributed by atoms with E-state index in [1.54, 1.807) is 0 Å². The van der Waals surface area contributed by atoms with Crippen LogP contribution in [0.4, 0.5) is 5.69 Å². The fraction of sp³-hybridized carbons (Fsp3) is 0.619. The molecule has 0 heterocycles. The maximum atomic E-state index is 12.4. The largest absolute Gasteiger partial charge is 0.456 e. The number of benzene rings is 1. The molecule has 0 saturated heterocycles. The third kappa shape index (κ3) is 3.83. The molecule has 1 aromatic rings. The smallest absolute Gasteiger partial charge is 0.306 e. The Balaban J connectivity index is 1.27. The van der Waals surface area contributed by atoms with Gasteiger partial charge < -0.3 is 10.1 Å². The number of amides is 1. The number of halogens is 1. The van der Waals surface area contributed by atoms with Gasteiger partial charge in [0.25, 0.3) is 5.91 Å². The minimum Gasteiger partial charge on any atom is -0.456 e. The van der Waals surface area contributed by atoms with Crippen molar-refractivity contribution in [3.8, 4) is 0 Å². The Bertz CT molecular complexity index is 695. The van der Waals surface area contributed by atoms with Crippen LogP contribution < -0.4 is 5.32 Å². The molecular weight excluding hydrogens is 394 g/mol. The number of anilines is 1. The third-order valence-electron chi connectivity index (χ3n) is 6.50. The molecule has 1 N–H and O–H groups in total. The van der Waals surface area contributed by atoms with Gasteiger partial charge in [0.2, 0.25) is 0 Å². The van der Waals surface area contributed by atoms with Crippen LogP contribution in [0.5, 0.6) is 0 Å². The lowest BCUT2D eigenvalue weighted by molar-refractivity contribution is -0.154. The predicted molar refractivity (Wildman–Crippen MR) is 104 cm³/mol. The van der Waals surface area contributed by atoms with Crippen molar-refractivity contribution in [1.82, 2.24) is 0 Å². The number of carbonyl (C=O) groups excluding carboxylic acids is 2. The van der Waals surface area contributed by atoms with Crippen LogP contribution >= 0.6 is 15.9 Å². The zero-order valence-corrected chi connectivity index (χ0v) is 16.8. The van der Waals surface area contributed by atoms with Crippen LogP contribution in [0.2, 0.25) is 0 Å². The normalized spacial score (nSPS) is 31.7. The van der Waals surface area contributed by atoms with E-state index in [1.807, 2.05) is 25.1 Å². The summed E-state index contributed by atoms with van der Waals surface area (Å²) in [5.41, 5.74) is 1.96. The molecule has 5 rings (SSSR count). The Morgan fingerprint density at radius 3 is 2.35 bits per heavy atom. The van der Waals surface area contributed by atoms with E-state index >= 15 is 0 Å². The van der Waals surface area contributed by atoms with Crippen molar-refractivity contribution >= 4 is 33.5 Å². The number of aryl methyl sites for hydroxylation is 1. The molecule has 5 heteroatoms. The van der Waals surface area contributed by atoms with Gasteiger partial charge in [0, 0.05) is 10.2 Å². The van der Waals surface area contributed by atoms with Crippen LogP contribution in [-0.2, 0) is 14.3 Å². The highest BCUT2D eigenvalue weighted by Gasteiger charge is 2.51. The monoisotopic (exact) mass is 419 g/mol. The molecule has 26 heavy (non-hydrogen) atoms. The van der Waals surface area contributed by atoms with Gasteiger partial charge in [-0.1, -0.05) is 22.0 Å². The Labute approximate surface area is 163 Å². The summed E-state index contributed by atoms with van der Waals surface area (Å²) in [6.45, 7) is 1.78. The van der Waals surface area contributed by atoms with Gasteiger partial charge in [0.05, 0.1) is 6.42 Å². The minimum atomic E-state index is -0.292. The molecule has 140 valence electrons. The summed E-state index contributed by atoms with van der Waals surface area (Å²) in [5.74, 6) is 1.94. The Morgan fingerprint density at radius 1 is 1.15 bits per heavy atom. The van der Waals surface area contributed by atoms with Gasteiger partial charge in [-0.25, -0.2) is 0 Å². The Morgan fingerprint density at radius 2 is 1.77 bits per heavy atom. The lowest BCUT2D eigenvalue weighted by Crippen LogP contribution is -2.47. The van der Waals surface area contributed by atoms with Crippen LogP contribution in [0.3, 0.4) is 0 Å². The van der Waals surface area contributed by atoms with E-state index < -0.39 is 0 Å². The molecule has 1 amide bonds. The second-order valence-electron chi connectivity index (χ2n) is 8.77. The van der Waals surface area contributed by atoms with Crippen molar-refractivity contribution in [3.05, 3.63) is 28.2 Å². The molecule has 0 unspecified atom stereocenters. The molecule has 4 bridgehead atoms. The minimum absolute atomic E-state index is 0.157. The Kier molecular flexibility index (Phi) is 4.84. The molecule has 1 aromatic carbocycles. The van der Waals surface area contributed by atoms with Crippen LogP contribution in [0.25, 0.3) is 0 Å². The van der Waals surface area contributed by atoms with Crippen LogP contribution in [0.1, 0.15) is 50.5 Å². The lowest BCUT2D eigenvalue weighted by Gasteiger charge is -2.56. The molecule has 0 aromatic heterocycles. The first-order valence-electron chi connectivity index (χ1n) is 9.62. The summed E-state index contributed by atoms with van der Waals surface area (Å²) in [6.07, 6.45) is 8.11. The molecule has 4 nitrogen and oxygen atoms in total. The molecule has 0 atom stereocenters. The molecular formula is C21H26BrNO3. The third-order valence-corrected chi connectivity index (χ3v) is 7.36. The molecule has 0 spiro atoms. The molecule has 4 saturated carbocycles. The van der Waals surface area contributed by atoms with E-state index in [-0.39, 0.29) is 23.9 Å². The SMILES string of the molecule is Cc1ccc(NC(=O)COC(=O)CC23CC4CC(CC(C4)C2)C3)cc1Br. The second-order valence-corrected chi connectivity index (χ2v) is 9.62. The van der Waals surface area contributed by atoms with Gasteiger partial charge in [-0.15, -0.1) is 0 Å². The van der Waals surface area contributed by atoms with Crippen LogP contribution in [0.15, 0.2) is 22.7 Å². The number of carbonyl (C=O) groups is 2. The van der Waals surface area contributed by atoms with Gasteiger partial charge in [0.15, 0.2) is 6.61 Å². The lowest BCUT2D eigenvalue weighted by atomic mass is 9.49. The van der Waals surface area contributed by atoms with E-state index in [2.05, 4.69) is 21.2 Å². The van der Waals surface area contributed by atoms with Crippen LogP contribution in [-0.4, -0.2) is 18.5 Å². The van der Waals surface area contributed by atoms with Crippen molar-refractivity contribution in [2.24, 2.45) is 23.2 Å². The first kappa shape index (κ1) is 18.0. The number of hydrogen-bond acceptors (Lipinski definition) is 3. The molecule has 4 aliphatic rings. The summed E-state index contributed by atoms with van der Waals surface area (Å²) < 4.78 is 6.25. The highest BCUT2D eigenvalue weighted by atomic mass is 79.9. The van der Waals surface area contributed by atoms with Crippen molar-refractivity contribution in [2.45, 2.75) is 51.9 Å². The highest BCUT2D eigenvalue weighted by Crippen LogP contribution is 2.61. The molecule has 4 fully saturated rings. The van der Waals surface area contributed by atoms with Gasteiger partial charge >= 0.3 is 5.97 Å². The standard InChI is InChI=1S/C21H26BrNO3/c1-13-2-3-17(7-18(13)22)23-19(24)12-26-20(25)11-21-8-14-4-15(9-21)6-16(5-14)10-21/h2-3,7,14-16H,4-6,8-12H2,1H3,(H,23,24). The Hall–Kier alpha value is -1.36. The van der Waals surface area contributed by atoms with Crippen molar-refractivity contribution in [1.29, 1.82) is 0 Å². The second kappa shape index (κ2) is 6.99. The maximum Gasteiger partial charge on any atom is 0.306 e. The number of rotatable bonds is 5. The fourth-order valence-corrected chi connectivity index (χ4v) is 6.26. The zero-order valence-electron chi connectivity index (χ0n) is 15.2. The van der Waals surface area contributed by atoms with E-state index in [9.17, 15) is 9.59 Å². The highest BCUT2D eigenvalue weighted by molar-refractivity contribution is 9.10. The first-order valence-corrected chi connectivity index (χ1v) is 10.4. The molecule has 0 aliphatic heterocycles. The van der Waals surface area contributed by atoms with Crippen molar-refractivity contribution in [3.63, 3.8) is 0 Å². The topological polar surface area (TPSA) is 55.4 Å². The average Bonchev–Trinajstić information content (AvgIpc) is 2.55. The van der Waals surface area contributed by atoms with Gasteiger partial charge in [0.1, 0.15) is 0 Å². The summed E-state index contributed by atoms with van der Waals surface area (Å²) in [5, 5.41) is 2.78. The van der Waals surface area contributed by atoms with Crippen molar-refractivity contribution in [2.75, 3.05) is 11.9 Å². The van der Waals surface area contributed by atoms with Gasteiger partial charge in [-0.2, -0.15) is 0 Å². The van der Waals surface area contributed by atoms with E-state index in [4.69, 9.17) is 4.74 Å². The molecule has 4 aliphatic carbocycles. The summed E-state index contributed by atoms with van der Waals surface area (Å²) >= 11 is 3.45. The maximum absolute atomic E-state index is 12.4. The predicted octanol–water partition coefficient (Wildman–Crippen LogP) is 4.85. The summed E-state index contributed by atoms with van der Waals surface area (Å²) in [4.78, 5) is 24.4. The quantitative estimate of drug-likeness (QED) is 0.694. The van der Waals surface area contributed by atoms with E-state index in [0.717, 1.165) is 27.8 Å². The van der Waals surface area contributed by atoms with E-state index in [1.165, 1.54) is 38.5 Å². The molecule has 0 radical (unpaired) electrons. The number of nitrogens with one attached hydrogen (secondary N) is 1. The van der Waals surface area contributed by atoms with Crippen LogP contribution in [0, 0.1) is 30.1 Å². The zero-order chi connectivity index (χ0) is 18.3. The summed E-state index contributed by atoms with van der Waals surface area (Å²) in [7, 11) is 0.